The van der Waals surface area contributed by atoms with Crippen molar-refractivity contribution in [3.8, 4) is 0 Å². The minimum atomic E-state index is -5.25. The third-order valence-corrected chi connectivity index (χ3v) is 5.00. The molecule has 1 nitrogen and oxygen atoms in total. The van der Waals surface area contributed by atoms with Crippen molar-refractivity contribution in [2.75, 3.05) is 0 Å². The number of alkyl halides is 8. The molecule has 0 aromatic heterocycles. The summed E-state index contributed by atoms with van der Waals surface area (Å²) in [6.45, 7) is 0. The van der Waals surface area contributed by atoms with Crippen LogP contribution in [0.3, 0.4) is 0 Å². The molecule has 0 bridgehead atoms. The van der Waals surface area contributed by atoms with Gasteiger partial charge < -0.3 is 0 Å². The van der Waals surface area contributed by atoms with Crippen LogP contribution in [-0.2, 0) is 23.0 Å². The normalized spacial score (nSPS) is 12.4. The Labute approximate surface area is 170 Å². The van der Waals surface area contributed by atoms with E-state index in [-0.39, 0.29) is 10.7 Å². The molecule has 0 amide bonds. The molecule has 152 valence electrons. The summed E-state index contributed by atoms with van der Waals surface area (Å²) < 4.78 is 109. The number of hydrogen-bond acceptors (Lipinski definition) is 1. The average Bonchev–Trinajstić information content (AvgIpc) is 2.58. The SMILES string of the molecule is O=C(c1c(C(F)(F)F)ccc(CBr)c1F)c1c(C(F)(F)F)ccc(CBr)c1F. The first-order chi connectivity index (χ1) is 12.8. The summed E-state index contributed by atoms with van der Waals surface area (Å²) >= 11 is 5.63. The number of hydrogen-bond donors (Lipinski definition) is 0. The zero-order chi connectivity index (χ0) is 21.4. The van der Waals surface area contributed by atoms with E-state index >= 15 is 0 Å². The van der Waals surface area contributed by atoms with Crippen molar-refractivity contribution in [1.82, 2.24) is 0 Å². The van der Waals surface area contributed by atoms with E-state index in [4.69, 9.17) is 0 Å². The monoisotopic (exact) mass is 538 g/mol. The quantitative estimate of drug-likeness (QED) is 0.232. The fraction of sp³-hybridized carbons (Fsp3) is 0.235. The molecule has 0 atom stereocenters. The highest BCUT2D eigenvalue weighted by atomic mass is 79.9. The number of halogens is 10. The molecule has 0 heterocycles. The molecule has 11 heteroatoms. The lowest BCUT2D eigenvalue weighted by atomic mass is 9.91. The smallest absolute Gasteiger partial charge is 0.288 e. The van der Waals surface area contributed by atoms with Gasteiger partial charge >= 0.3 is 12.4 Å². The highest BCUT2D eigenvalue weighted by Crippen LogP contribution is 2.39. The van der Waals surface area contributed by atoms with Gasteiger partial charge in [0.25, 0.3) is 0 Å². The van der Waals surface area contributed by atoms with Gasteiger partial charge in [0, 0.05) is 10.7 Å². The van der Waals surface area contributed by atoms with Crippen LogP contribution in [0.5, 0.6) is 0 Å². The Balaban J connectivity index is 2.91. The van der Waals surface area contributed by atoms with Crippen molar-refractivity contribution in [2.24, 2.45) is 0 Å². The van der Waals surface area contributed by atoms with Crippen LogP contribution < -0.4 is 0 Å². The van der Waals surface area contributed by atoms with Crippen molar-refractivity contribution in [3.05, 3.63) is 69.3 Å². The Morgan fingerprint density at radius 1 is 0.714 bits per heavy atom. The van der Waals surface area contributed by atoms with E-state index in [2.05, 4.69) is 31.9 Å². The molecular weight excluding hydrogens is 532 g/mol. The highest BCUT2D eigenvalue weighted by molar-refractivity contribution is 9.08. The number of benzene rings is 2. The lowest BCUT2D eigenvalue weighted by molar-refractivity contribution is -0.138. The molecule has 0 spiro atoms. The topological polar surface area (TPSA) is 17.1 Å². The molecule has 0 aliphatic heterocycles. The lowest BCUT2D eigenvalue weighted by Crippen LogP contribution is -2.22. The third-order valence-electron chi connectivity index (χ3n) is 3.80. The number of ketones is 1. The molecule has 2 aromatic rings. The Hall–Kier alpha value is -1.49. The van der Waals surface area contributed by atoms with Crippen molar-refractivity contribution >= 4 is 37.6 Å². The maximum atomic E-state index is 14.6. The van der Waals surface area contributed by atoms with Gasteiger partial charge in [0.15, 0.2) is 5.78 Å². The van der Waals surface area contributed by atoms with Crippen LogP contribution in [0.1, 0.15) is 38.2 Å². The van der Waals surface area contributed by atoms with Crippen LogP contribution in [0.2, 0.25) is 0 Å². The molecule has 0 aliphatic rings. The number of carbonyl (C=O) groups excluding carboxylic acids is 1. The van der Waals surface area contributed by atoms with Gasteiger partial charge in [-0.1, -0.05) is 44.0 Å². The van der Waals surface area contributed by atoms with E-state index in [1.54, 1.807) is 0 Å². The van der Waals surface area contributed by atoms with Crippen molar-refractivity contribution in [2.45, 2.75) is 23.0 Å². The molecule has 0 N–H and O–H groups in total. The first-order valence-electron chi connectivity index (χ1n) is 7.28. The first-order valence-corrected chi connectivity index (χ1v) is 9.52. The summed E-state index contributed by atoms with van der Waals surface area (Å²) in [4.78, 5) is 12.6. The van der Waals surface area contributed by atoms with E-state index in [1.165, 1.54) is 0 Å². The Bertz CT molecular complexity index is 845. The van der Waals surface area contributed by atoms with E-state index in [9.17, 15) is 39.9 Å². The van der Waals surface area contributed by atoms with E-state index in [0.29, 0.717) is 12.1 Å². The summed E-state index contributed by atoms with van der Waals surface area (Å²) in [6, 6.07) is 2.21. The molecule has 2 rings (SSSR count). The van der Waals surface area contributed by atoms with Gasteiger partial charge in [-0.2, -0.15) is 26.3 Å². The van der Waals surface area contributed by atoms with Crippen molar-refractivity contribution in [3.63, 3.8) is 0 Å². The fourth-order valence-electron chi connectivity index (χ4n) is 2.49. The molecule has 0 unspecified atom stereocenters. The molecular formula is C17H8Br2F8O. The molecule has 28 heavy (non-hydrogen) atoms. The second kappa shape index (κ2) is 8.10. The van der Waals surface area contributed by atoms with Crippen molar-refractivity contribution in [1.29, 1.82) is 0 Å². The second-order valence-electron chi connectivity index (χ2n) is 5.51. The van der Waals surface area contributed by atoms with Crippen LogP contribution in [-0.4, -0.2) is 5.78 Å². The number of rotatable bonds is 4. The highest BCUT2D eigenvalue weighted by Gasteiger charge is 2.42. The van der Waals surface area contributed by atoms with Crippen LogP contribution in [0.25, 0.3) is 0 Å². The van der Waals surface area contributed by atoms with Crippen LogP contribution in [0.15, 0.2) is 24.3 Å². The minimum Gasteiger partial charge on any atom is -0.288 e. The third kappa shape index (κ3) is 4.24. The largest absolute Gasteiger partial charge is 0.417 e. The van der Waals surface area contributed by atoms with Crippen LogP contribution in [0.4, 0.5) is 35.1 Å². The molecule has 0 aliphatic carbocycles. The summed E-state index contributed by atoms with van der Waals surface area (Å²) in [5.74, 6) is -5.39. The Morgan fingerprint density at radius 2 is 1.04 bits per heavy atom. The fourth-order valence-corrected chi connectivity index (χ4v) is 3.35. The standard InChI is InChI=1S/C17H8Br2F8O/c18-5-7-1-3-9(16(22,23)24)11(13(7)20)15(28)12-10(17(25,26)27)4-2-8(6-19)14(12)21/h1-4H,5-6H2. The predicted octanol–water partition coefficient (Wildman–Crippen LogP) is 7.02. The van der Waals surface area contributed by atoms with E-state index in [1.807, 2.05) is 0 Å². The Morgan fingerprint density at radius 3 is 1.29 bits per heavy atom. The van der Waals surface area contributed by atoms with Crippen LogP contribution >= 0.6 is 31.9 Å². The van der Waals surface area contributed by atoms with Crippen LogP contribution in [0, 0.1) is 11.6 Å². The number of carbonyl (C=O) groups is 1. The zero-order valence-electron chi connectivity index (χ0n) is 13.4. The average molecular weight is 540 g/mol. The molecule has 0 fully saturated rings. The first kappa shape index (κ1) is 22.8. The van der Waals surface area contributed by atoms with Gasteiger partial charge in [0.2, 0.25) is 0 Å². The van der Waals surface area contributed by atoms with Gasteiger partial charge in [-0.05, 0) is 23.3 Å². The van der Waals surface area contributed by atoms with Gasteiger partial charge in [0.05, 0.1) is 22.3 Å². The van der Waals surface area contributed by atoms with Gasteiger partial charge in [-0.15, -0.1) is 0 Å². The van der Waals surface area contributed by atoms with Gasteiger partial charge in [0.1, 0.15) is 11.6 Å². The summed E-state index contributed by atoms with van der Waals surface area (Å²) in [5.41, 5.74) is -7.72. The van der Waals surface area contributed by atoms with E-state index in [0.717, 1.165) is 12.1 Å². The Kier molecular flexibility index (Phi) is 6.59. The van der Waals surface area contributed by atoms with E-state index < -0.39 is 63.2 Å². The van der Waals surface area contributed by atoms with Gasteiger partial charge in [-0.3, -0.25) is 4.79 Å². The molecule has 2 aromatic carbocycles. The summed E-state index contributed by atoms with van der Waals surface area (Å²) in [7, 11) is 0. The molecule has 0 radical (unpaired) electrons. The predicted molar refractivity (Wildman–Crippen MR) is 91.5 cm³/mol. The summed E-state index contributed by atoms with van der Waals surface area (Å²) in [6.07, 6.45) is -10.5. The lowest BCUT2D eigenvalue weighted by Gasteiger charge is -2.18. The molecule has 0 saturated heterocycles. The zero-order valence-corrected chi connectivity index (χ0v) is 16.6. The summed E-state index contributed by atoms with van der Waals surface area (Å²) in [5, 5.41) is -0.624. The molecule has 0 saturated carbocycles. The van der Waals surface area contributed by atoms with Gasteiger partial charge in [-0.25, -0.2) is 8.78 Å². The second-order valence-corrected chi connectivity index (χ2v) is 6.64. The van der Waals surface area contributed by atoms with Crippen molar-refractivity contribution < 1.29 is 39.9 Å². The maximum absolute atomic E-state index is 14.6. The maximum Gasteiger partial charge on any atom is 0.417 e. The minimum absolute atomic E-state index is 0.312.